The maximum absolute atomic E-state index is 13.0. The van der Waals surface area contributed by atoms with Crippen LogP contribution in [-0.2, 0) is 28.7 Å². The second kappa shape index (κ2) is 7.61. The molecule has 0 aliphatic carbocycles. The number of amides is 1. The van der Waals surface area contributed by atoms with E-state index < -0.39 is 9.84 Å². The van der Waals surface area contributed by atoms with Crippen LogP contribution in [0.15, 0.2) is 69.9 Å². The minimum atomic E-state index is -3.18. The molecule has 6 nitrogen and oxygen atoms in total. The number of rotatable bonds is 7. The largest absolute Gasteiger partial charge is 0.467 e. The summed E-state index contributed by atoms with van der Waals surface area (Å²) in [6.45, 7) is 0.561. The fourth-order valence-corrected chi connectivity index (χ4v) is 3.45. The van der Waals surface area contributed by atoms with Gasteiger partial charge < -0.3 is 13.7 Å². The van der Waals surface area contributed by atoms with Crippen molar-refractivity contribution >= 4 is 15.7 Å². The third-order valence-electron chi connectivity index (χ3n) is 3.74. The summed E-state index contributed by atoms with van der Waals surface area (Å²) >= 11 is 0. The minimum absolute atomic E-state index is 0.107. The lowest BCUT2D eigenvalue weighted by molar-refractivity contribution is 0.0704. The number of furan rings is 2. The molecule has 136 valence electrons. The van der Waals surface area contributed by atoms with E-state index in [1.54, 1.807) is 66.0 Å². The van der Waals surface area contributed by atoms with Crippen molar-refractivity contribution in [2.24, 2.45) is 0 Å². The average Bonchev–Trinajstić information content (AvgIpc) is 3.26. The van der Waals surface area contributed by atoms with E-state index in [9.17, 15) is 13.2 Å². The first-order chi connectivity index (χ1) is 12.4. The highest BCUT2D eigenvalue weighted by Gasteiger charge is 2.19. The molecule has 0 aliphatic rings. The molecule has 0 bridgehead atoms. The monoisotopic (exact) mass is 373 g/mol. The summed E-state index contributed by atoms with van der Waals surface area (Å²) in [7, 11) is -3.18. The van der Waals surface area contributed by atoms with Crippen molar-refractivity contribution < 1.29 is 22.0 Å². The van der Waals surface area contributed by atoms with Gasteiger partial charge in [-0.2, -0.15) is 0 Å². The molecular weight excluding hydrogens is 354 g/mol. The second-order valence-corrected chi connectivity index (χ2v) is 8.23. The van der Waals surface area contributed by atoms with Crippen molar-refractivity contribution in [3.8, 4) is 0 Å². The van der Waals surface area contributed by atoms with E-state index in [1.165, 1.54) is 6.26 Å². The zero-order valence-corrected chi connectivity index (χ0v) is 15.1. The van der Waals surface area contributed by atoms with Crippen LogP contribution in [0.2, 0.25) is 0 Å². The predicted molar refractivity (Wildman–Crippen MR) is 96.0 cm³/mol. The maximum atomic E-state index is 13.0. The first-order valence-corrected chi connectivity index (χ1v) is 10.1. The molecular formula is C19H19NO5S. The van der Waals surface area contributed by atoms with Gasteiger partial charge in [0, 0.05) is 11.8 Å². The molecule has 26 heavy (non-hydrogen) atoms. The van der Waals surface area contributed by atoms with Crippen LogP contribution in [0.1, 0.15) is 27.4 Å². The smallest absolute Gasteiger partial charge is 0.254 e. The van der Waals surface area contributed by atoms with Crippen molar-refractivity contribution in [1.82, 2.24) is 4.90 Å². The molecule has 0 spiro atoms. The van der Waals surface area contributed by atoms with E-state index in [2.05, 4.69) is 0 Å². The molecule has 1 aromatic carbocycles. The van der Waals surface area contributed by atoms with Crippen LogP contribution in [0.5, 0.6) is 0 Å². The van der Waals surface area contributed by atoms with Gasteiger partial charge in [0.15, 0.2) is 9.84 Å². The summed E-state index contributed by atoms with van der Waals surface area (Å²) in [5, 5.41) is 0. The first kappa shape index (κ1) is 18.0. The standard InChI is InChI=1S/C19H19NO5S/c1-26(22,23)14-15-5-2-6-16(11-15)19(21)20(12-17-7-3-9-24-17)13-18-8-4-10-25-18/h2-11H,12-14H2,1H3. The average molecular weight is 373 g/mol. The Kier molecular flexibility index (Phi) is 5.27. The molecule has 2 aromatic heterocycles. The Labute approximate surface area is 152 Å². The molecule has 0 fully saturated rings. The van der Waals surface area contributed by atoms with Crippen LogP contribution in [0.25, 0.3) is 0 Å². The summed E-state index contributed by atoms with van der Waals surface area (Å²) in [5.74, 6) is 0.965. The van der Waals surface area contributed by atoms with Gasteiger partial charge in [-0.05, 0) is 42.0 Å². The number of nitrogens with zero attached hydrogens (tertiary/aromatic N) is 1. The first-order valence-electron chi connectivity index (χ1n) is 8.01. The predicted octanol–water partition coefficient (Wildman–Crippen LogP) is 3.26. The second-order valence-electron chi connectivity index (χ2n) is 6.09. The van der Waals surface area contributed by atoms with Gasteiger partial charge in [-0.1, -0.05) is 12.1 Å². The van der Waals surface area contributed by atoms with Crippen molar-refractivity contribution in [3.05, 3.63) is 83.7 Å². The highest BCUT2D eigenvalue weighted by molar-refractivity contribution is 7.89. The number of carbonyl (C=O) groups is 1. The number of hydrogen-bond donors (Lipinski definition) is 0. The molecule has 0 saturated carbocycles. The fourth-order valence-electron chi connectivity index (χ4n) is 2.66. The minimum Gasteiger partial charge on any atom is -0.467 e. The molecule has 0 saturated heterocycles. The third-order valence-corrected chi connectivity index (χ3v) is 4.60. The van der Waals surface area contributed by atoms with Crippen molar-refractivity contribution in [2.75, 3.05) is 6.26 Å². The maximum Gasteiger partial charge on any atom is 0.254 e. The Bertz CT molecular complexity index is 923. The van der Waals surface area contributed by atoms with Crippen LogP contribution in [0.4, 0.5) is 0 Å². The molecule has 2 heterocycles. The summed E-state index contributed by atoms with van der Waals surface area (Å²) < 4.78 is 33.7. The molecule has 0 unspecified atom stereocenters. The highest BCUT2D eigenvalue weighted by Crippen LogP contribution is 2.17. The van der Waals surface area contributed by atoms with E-state index in [-0.39, 0.29) is 24.7 Å². The van der Waals surface area contributed by atoms with Gasteiger partial charge in [0.1, 0.15) is 11.5 Å². The van der Waals surface area contributed by atoms with Gasteiger partial charge in [0.2, 0.25) is 0 Å². The van der Waals surface area contributed by atoms with Gasteiger partial charge in [0.25, 0.3) is 5.91 Å². The van der Waals surface area contributed by atoms with Crippen molar-refractivity contribution in [2.45, 2.75) is 18.8 Å². The van der Waals surface area contributed by atoms with Crippen LogP contribution in [0, 0.1) is 0 Å². The third kappa shape index (κ3) is 4.86. The molecule has 0 aliphatic heterocycles. The summed E-state index contributed by atoms with van der Waals surface area (Å²) in [6, 6.07) is 13.8. The molecule has 0 atom stereocenters. The zero-order chi connectivity index (χ0) is 18.6. The van der Waals surface area contributed by atoms with Gasteiger partial charge in [-0.25, -0.2) is 8.42 Å². The van der Waals surface area contributed by atoms with Crippen LogP contribution >= 0.6 is 0 Å². The van der Waals surface area contributed by atoms with Crippen LogP contribution < -0.4 is 0 Å². The molecule has 0 N–H and O–H groups in total. The van der Waals surface area contributed by atoms with Crippen molar-refractivity contribution in [3.63, 3.8) is 0 Å². The van der Waals surface area contributed by atoms with Gasteiger partial charge in [-0.3, -0.25) is 4.79 Å². The topological polar surface area (TPSA) is 80.7 Å². The van der Waals surface area contributed by atoms with Crippen LogP contribution in [-0.4, -0.2) is 25.5 Å². The van der Waals surface area contributed by atoms with E-state index in [4.69, 9.17) is 8.83 Å². The van der Waals surface area contributed by atoms with Crippen LogP contribution in [0.3, 0.4) is 0 Å². The van der Waals surface area contributed by atoms with E-state index in [0.717, 1.165) is 0 Å². The van der Waals surface area contributed by atoms with E-state index in [1.807, 2.05) is 0 Å². The fraction of sp³-hybridized carbons (Fsp3) is 0.211. The molecule has 1 amide bonds. The number of carbonyl (C=O) groups excluding carboxylic acids is 1. The number of sulfone groups is 1. The normalized spacial score (nSPS) is 11.4. The Balaban J connectivity index is 1.85. The molecule has 7 heteroatoms. The SMILES string of the molecule is CS(=O)(=O)Cc1cccc(C(=O)N(Cc2ccco2)Cc2ccco2)c1. The van der Waals surface area contributed by atoms with E-state index >= 15 is 0 Å². The quantitative estimate of drug-likeness (QED) is 0.635. The Morgan fingerprint density at radius 1 is 0.962 bits per heavy atom. The zero-order valence-electron chi connectivity index (χ0n) is 14.3. The lowest BCUT2D eigenvalue weighted by Crippen LogP contribution is -2.30. The van der Waals surface area contributed by atoms with E-state index in [0.29, 0.717) is 22.6 Å². The van der Waals surface area contributed by atoms with Gasteiger partial charge in [0.05, 0.1) is 31.4 Å². The van der Waals surface area contributed by atoms with Gasteiger partial charge >= 0.3 is 0 Å². The number of benzene rings is 1. The highest BCUT2D eigenvalue weighted by atomic mass is 32.2. The lowest BCUT2D eigenvalue weighted by Gasteiger charge is -2.21. The molecule has 0 radical (unpaired) electrons. The lowest BCUT2D eigenvalue weighted by atomic mass is 10.1. The molecule has 3 rings (SSSR count). The Hall–Kier alpha value is -2.80. The summed E-state index contributed by atoms with van der Waals surface area (Å²) in [6.07, 6.45) is 4.27. The number of hydrogen-bond acceptors (Lipinski definition) is 5. The summed E-state index contributed by atoms with van der Waals surface area (Å²) in [4.78, 5) is 14.6. The Morgan fingerprint density at radius 3 is 2.08 bits per heavy atom. The van der Waals surface area contributed by atoms with Crippen molar-refractivity contribution in [1.29, 1.82) is 0 Å². The molecule has 3 aromatic rings. The Morgan fingerprint density at radius 2 is 1.58 bits per heavy atom. The van der Waals surface area contributed by atoms with Gasteiger partial charge in [-0.15, -0.1) is 0 Å². The summed E-state index contributed by atoms with van der Waals surface area (Å²) in [5.41, 5.74) is 0.999.